The number of nitrogens with zero attached hydrogens (tertiary/aromatic N) is 2. The summed E-state index contributed by atoms with van der Waals surface area (Å²) in [7, 11) is -3.78. The first-order valence-electron chi connectivity index (χ1n) is 5.55. The van der Waals surface area contributed by atoms with Gasteiger partial charge in [0.1, 0.15) is 4.90 Å². The number of rotatable bonds is 4. The molecule has 0 spiro atoms. The van der Waals surface area contributed by atoms with E-state index in [2.05, 4.69) is 5.10 Å². The zero-order chi connectivity index (χ0) is 13.2. The van der Waals surface area contributed by atoms with E-state index in [0.29, 0.717) is 6.54 Å². The van der Waals surface area contributed by atoms with Crippen LogP contribution < -0.4 is 4.18 Å². The summed E-state index contributed by atoms with van der Waals surface area (Å²) < 4.78 is 30.5. The highest BCUT2D eigenvalue weighted by Gasteiger charge is 2.17. The van der Waals surface area contributed by atoms with Gasteiger partial charge in [0.2, 0.25) is 0 Å². The first kappa shape index (κ1) is 12.6. The highest BCUT2D eigenvalue weighted by atomic mass is 32.2. The molecule has 0 N–H and O–H groups in total. The number of benzene rings is 1. The number of aryl methyl sites for hydroxylation is 2. The number of hydrogen-bond donors (Lipinski definition) is 0. The third-order valence-corrected chi connectivity index (χ3v) is 3.71. The molecule has 1 heterocycles. The maximum absolute atomic E-state index is 12.0. The van der Waals surface area contributed by atoms with Crippen LogP contribution in [0.15, 0.2) is 41.6 Å². The molecule has 0 unspecified atom stereocenters. The van der Waals surface area contributed by atoms with E-state index in [-0.39, 0.29) is 10.6 Å². The Kier molecular flexibility index (Phi) is 3.38. The molecule has 96 valence electrons. The summed E-state index contributed by atoms with van der Waals surface area (Å²) >= 11 is 0. The van der Waals surface area contributed by atoms with Crippen molar-refractivity contribution >= 4 is 10.1 Å². The predicted octanol–water partition coefficient (Wildman–Crippen LogP) is 1.98. The quantitative estimate of drug-likeness (QED) is 0.794. The second kappa shape index (κ2) is 4.81. The monoisotopic (exact) mass is 266 g/mol. The van der Waals surface area contributed by atoms with E-state index in [9.17, 15) is 8.42 Å². The molecule has 5 nitrogen and oxygen atoms in total. The molecule has 0 atom stereocenters. The Morgan fingerprint density at radius 1 is 1.28 bits per heavy atom. The lowest BCUT2D eigenvalue weighted by molar-refractivity contribution is 0.485. The Bertz CT molecular complexity index is 630. The summed E-state index contributed by atoms with van der Waals surface area (Å²) in [5, 5.41) is 3.95. The zero-order valence-corrected chi connectivity index (χ0v) is 11.0. The Morgan fingerprint density at radius 2 is 1.94 bits per heavy atom. The molecule has 0 aliphatic carbocycles. The Labute approximate surface area is 106 Å². The third kappa shape index (κ3) is 2.70. The van der Waals surface area contributed by atoms with Gasteiger partial charge in [-0.1, -0.05) is 17.7 Å². The molecule has 0 fully saturated rings. The van der Waals surface area contributed by atoms with Crippen LogP contribution in [0.2, 0.25) is 0 Å². The number of aromatic nitrogens is 2. The van der Waals surface area contributed by atoms with Crippen molar-refractivity contribution in [2.24, 2.45) is 0 Å². The standard InChI is InChI=1S/C12H14N2O3S/c1-3-14-9-11(8-13-14)17-18(15,16)12-6-4-10(2)5-7-12/h4-9H,3H2,1-2H3. The van der Waals surface area contributed by atoms with Gasteiger partial charge in [0.15, 0.2) is 5.75 Å². The van der Waals surface area contributed by atoms with Crippen LogP contribution in [-0.2, 0) is 16.7 Å². The summed E-state index contributed by atoms with van der Waals surface area (Å²) in [6, 6.07) is 6.50. The minimum Gasteiger partial charge on any atom is -0.376 e. The molecule has 1 aromatic heterocycles. The lowest BCUT2D eigenvalue weighted by atomic mass is 10.2. The van der Waals surface area contributed by atoms with E-state index >= 15 is 0 Å². The number of hydrogen-bond acceptors (Lipinski definition) is 4. The summed E-state index contributed by atoms with van der Waals surface area (Å²) in [6.45, 7) is 4.46. The van der Waals surface area contributed by atoms with Gasteiger partial charge in [-0.3, -0.25) is 4.68 Å². The van der Waals surface area contributed by atoms with Gasteiger partial charge >= 0.3 is 10.1 Å². The molecular formula is C12H14N2O3S. The van der Waals surface area contributed by atoms with Gasteiger partial charge in [-0.15, -0.1) is 0 Å². The zero-order valence-electron chi connectivity index (χ0n) is 10.2. The largest absolute Gasteiger partial charge is 0.376 e. The molecule has 0 radical (unpaired) electrons. The van der Waals surface area contributed by atoms with E-state index in [0.717, 1.165) is 5.56 Å². The van der Waals surface area contributed by atoms with Crippen LogP contribution in [0.5, 0.6) is 5.75 Å². The average Bonchev–Trinajstić information content (AvgIpc) is 2.76. The minimum atomic E-state index is -3.78. The Morgan fingerprint density at radius 3 is 2.50 bits per heavy atom. The van der Waals surface area contributed by atoms with Crippen LogP contribution in [0.4, 0.5) is 0 Å². The van der Waals surface area contributed by atoms with Crippen LogP contribution in [-0.4, -0.2) is 18.2 Å². The minimum absolute atomic E-state index is 0.136. The van der Waals surface area contributed by atoms with E-state index < -0.39 is 10.1 Å². The van der Waals surface area contributed by atoms with Gasteiger partial charge in [-0.25, -0.2) is 0 Å². The van der Waals surface area contributed by atoms with Crippen molar-refractivity contribution < 1.29 is 12.6 Å². The highest BCUT2D eigenvalue weighted by molar-refractivity contribution is 7.87. The molecule has 18 heavy (non-hydrogen) atoms. The summed E-state index contributed by atoms with van der Waals surface area (Å²) in [4.78, 5) is 0.136. The molecule has 6 heteroatoms. The maximum Gasteiger partial charge on any atom is 0.339 e. The third-order valence-electron chi connectivity index (χ3n) is 2.45. The smallest absolute Gasteiger partial charge is 0.339 e. The predicted molar refractivity (Wildman–Crippen MR) is 66.9 cm³/mol. The maximum atomic E-state index is 12.0. The molecule has 0 aliphatic rings. The Balaban J connectivity index is 2.24. The fraction of sp³-hybridized carbons (Fsp3) is 0.250. The van der Waals surface area contributed by atoms with Gasteiger partial charge < -0.3 is 4.18 Å². The van der Waals surface area contributed by atoms with E-state index in [4.69, 9.17) is 4.18 Å². The van der Waals surface area contributed by atoms with E-state index in [1.165, 1.54) is 18.3 Å². The molecular weight excluding hydrogens is 252 g/mol. The topological polar surface area (TPSA) is 61.2 Å². The fourth-order valence-corrected chi connectivity index (χ4v) is 2.35. The lowest BCUT2D eigenvalue weighted by Gasteiger charge is -2.04. The fourth-order valence-electron chi connectivity index (χ4n) is 1.44. The van der Waals surface area contributed by atoms with Gasteiger partial charge in [0.25, 0.3) is 0 Å². The van der Waals surface area contributed by atoms with Crippen molar-refractivity contribution in [3.8, 4) is 5.75 Å². The van der Waals surface area contributed by atoms with Crippen molar-refractivity contribution in [2.45, 2.75) is 25.3 Å². The molecule has 2 rings (SSSR count). The molecule has 1 aromatic carbocycles. The second-order valence-electron chi connectivity index (χ2n) is 3.88. The highest BCUT2D eigenvalue weighted by Crippen LogP contribution is 2.18. The second-order valence-corrected chi connectivity index (χ2v) is 5.43. The van der Waals surface area contributed by atoms with Crippen molar-refractivity contribution in [3.63, 3.8) is 0 Å². The van der Waals surface area contributed by atoms with Gasteiger partial charge in [0, 0.05) is 6.54 Å². The van der Waals surface area contributed by atoms with Crippen LogP contribution in [0.1, 0.15) is 12.5 Å². The van der Waals surface area contributed by atoms with Crippen LogP contribution in [0.25, 0.3) is 0 Å². The van der Waals surface area contributed by atoms with Crippen molar-refractivity contribution in [1.82, 2.24) is 9.78 Å². The van der Waals surface area contributed by atoms with Gasteiger partial charge in [0.05, 0.1) is 12.4 Å². The molecule has 2 aromatic rings. The molecule has 0 bridgehead atoms. The molecule has 0 aliphatic heterocycles. The van der Waals surface area contributed by atoms with Crippen LogP contribution in [0, 0.1) is 6.92 Å². The first-order valence-corrected chi connectivity index (χ1v) is 6.95. The van der Waals surface area contributed by atoms with Gasteiger partial charge in [-0.05, 0) is 26.0 Å². The Hall–Kier alpha value is -1.82. The van der Waals surface area contributed by atoms with Crippen molar-refractivity contribution in [1.29, 1.82) is 0 Å². The summed E-state index contributed by atoms with van der Waals surface area (Å²) in [6.07, 6.45) is 2.93. The van der Waals surface area contributed by atoms with E-state index in [1.807, 2.05) is 13.8 Å². The van der Waals surface area contributed by atoms with E-state index in [1.54, 1.807) is 23.0 Å². The molecule has 0 saturated heterocycles. The summed E-state index contributed by atoms with van der Waals surface area (Å²) in [5.41, 5.74) is 0.993. The van der Waals surface area contributed by atoms with Crippen molar-refractivity contribution in [2.75, 3.05) is 0 Å². The molecule has 0 amide bonds. The summed E-state index contributed by atoms with van der Waals surface area (Å²) in [5.74, 6) is 0.220. The molecule has 0 saturated carbocycles. The lowest BCUT2D eigenvalue weighted by Crippen LogP contribution is -2.09. The first-order chi connectivity index (χ1) is 8.51. The van der Waals surface area contributed by atoms with Crippen molar-refractivity contribution in [3.05, 3.63) is 42.2 Å². The van der Waals surface area contributed by atoms with Gasteiger partial charge in [-0.2, -0.15) is 13.5 Å². The normalized spacial score (nSPS) is 11.4. The van der Waals surface area contributed by atoms with Crippen LogP contribution in [0.3, 0.4) is 0 Å². The van der Waals surface area contributed by atoms with Crippen LogP contribution >= 0.6 is 0 Å². The average molecular weight is 266 g/mol. The SMILES string of the molecule is CCn1cc(OS(=O)(=O)c2ccc(C)cc2)cn1.